The van der Waals surface area contributed by atoms with Crippen LogP contribution in [0.15, 0.2) is 30.3 Å². The Hall–Kier alpha value is -2.01. The number of hydrogen-bond acceptors (Lipinski definition) is 2. The van der Waals surface area contributed by atoms with Gasteiger partial charge in [0.1, 0.15) is 0 Å². The first-order valence-electron chi connectivity index (χ1n) is 6.36. The lowest BCUT2D eigenvalue weighted by Gasteiger charge is -2.08. The molecule has 5 nitrogen and oxygen atoms in total. The average molecular weight is 293 g/mol. The van der Waals surface area contributed by atoms with Crippen molar-refractivity contribution in [2.45, 2.75) is 20.4 Å². The van der Waals surface area contributed by atoms with Crippen LogP contribution < -0.4 is 10.6 Å². The third-order valence-corrected chi connectivity index (χ3v) is 3.07. The van der Waals surface area contributed by atoms with E-state index in [1.165, 1.54) is 0 Å². The molecular formula is C14H17ClN4O. The zero-order chi connectivity index (χ0) is 14.5. The minimum absolute atomic E-state index is 0.242. The molecule has 0 unspecified atom stereocenters. The van der Waals surface area contributed by atoms with E-state index < -0.39 is 0 Å². The summed E-state index contributed by atoms with van der Waals surface area (Å²) in [7, 11) is 0. The third-order valence-electron chi connectivity index (χ3n) is 2.81. The molecule has 0 bridgehead atoms. The van der Waals surface area contributed by atoms with Crippen LogP contribution in [-0.4, -0.2) is 22.4 Å². The molecule has 0 fully saturated rings. The predicted octanol–water partition coefficient (Wildman–Crippen LogP) is 2.98. The van der Waals surface area contributed by atoms with E-state index in [-0.39, 0.29) is 6.03 Å². The lowest BCUT2D eigenvalue weighted by atomic mass is 10.3. The van der Waals surface area contributed by atoms with Gasteiger partial charge in [-0.3, -0.25) is 4.68 Å². The third kappa shape index (κ3) is 3.99. The van der Waals surface area contributed by atoms with Crippen molar-refractivity contribution >= 4 is 23.3 Å². The Morgan fingerprint density at radius 2 is 2.00 bits per heavy atom. The topological polar surface area (TPSA) is 59.0 Å². The fraction of sp³-hybridized carbons (Fsp3) is 0.286. The summed E-state index contributed by atoms with van der Waals surface area (Å²) in [4.78, 5) is 11.7. The number of carbonyl (C=O) groups excluding carboxylic acids is 1. The summed E-state index contributed by atoms with van der Waals surface area (Å²) in [5.74, 6) is 0. The van der Waals surface area contributed by atoms with Gasteiger partial charge in [0, 0.05) is 22.9 Å². The molecular weight excluding hydrogens is 276 g/mol. The van der Waals surface area contributed by atoms with Gasteiger partial charge in [-0.1, -0.05) is 11.6 Å². The minimum Gasteiger partial charge on any atom is -0.336 e. The Bertz CT molecular complexity index is 592. The molecule has 0 radical (unpaired) electrons. The fourth-order valence-electron chi connectivity index (χ4n) is 1.89. The summed E-state index contributed by atoms with van der Waals surface area (Å²) in [6, 6.07) is 8.73. The first-order valence-corrected chi connectivity index (χ1v) is 6.74. The van der Waals surface area contributed by atoms with Gasteiger partial charge in [0.2, 0.25) is 0 Å². The van der Waals surface area contributed by atoms with Gasteiger partial charge >= 0.3 is 6.03 Å². The zero-order valence-electron chi connectivity index (χ0n) is 11.5. The second-order valence-corrected chi connectivity index (χ2v) is 4.97. The van der Waals surface area contributed by atoms with E-state index >= 15 is 0 Å². The largest absolute Gasteiger partial charge is 0.336 e. The molecule has 0 aliphatic carbocycles. The molecule has 2 N–H and O–H groups in total. The second kappa shape index (κ2) is 6.43. The maximum atomic E-state index is 11.7. The lowest BCUT2D eigenvalue weighted by Crippen LogP contribution is -2.31. The lowest BCUT2D eigenvalue weighted by molar-refractivity contribution is 0.251. The van der Waals surface area contributed by atoms with Crippen LogP contribution in [0.4, 0.5) is 10.5 Å². The summed E-state index contributed by atoms with van der Waals surface area (Å²) in [6.45, 7) is 5.10. The van der Waals surface area contributed by atoms with Crippen molar-refractivity contribution in [1.82, 2.24) is 15.1 Å². The van der Waals surface area contributed by atoms with Gasteiger partial charge in [-0.05, 0) is 44.2 Å². The molecule has 0 saturated carbocycles. The van der Waals surface area contributed by atoms with Gasteiger partial charge in [0.05, 0.1) is 12.2 Å². The molecule has 0 saturated heterocycles. The molecule has 1 aromatic heterocycles. The van der Waals surface area contributed by atoms with Gasteiger partial charge < -0.3 is 10.6 Å². The number of amides is 2. The predicted molar refractivity (Wildman–Crippen MR) is 80.2 cm³/mol. The molecule has 2 aromatic rings. The number of nitrogens with zero attached hydrogens (tertiary/aromatic N) is 2. The maximum Gasteiger partial charge on any atom is 0.319 e. The van der Waals surface area contributed by atoms with E-state index in [9.17, 15) is 4.79 Å². The van der Waals surface area contributed by atoms with E-state index in [1.807, 2.05) is 24.6 Å². The number of halogens is 1. The summed E-state index contributed by atoms with van der Waals surface area (Å²) >= 11 is 5.78. The Balaban J connectivity index is 1.78. The molecule has 0 aliphatic heterocycles. The number of urea groups is 1. The van der Waals surface area contributed by atoms with E-state index in [0.717, 1.165) is 11.4 Å². The van der Waals surface area contributed by atoms with Gasteiger partial charge in [0.25, 0.3) is 0 Å². The highest BCUT2D eigenvalue weighted by molar-refractivity contribution is 6.30. The van der Waals surface area contributed by atoms with Crippen molar-refractivity contribution in [2.24, 2.45) is 0 Å². The van der Waals surface area contributed by atoms with Crippen molar-refractivity contribution in [1.29, 1.82) is 0 Å². The number of benzene rings is 1. The van der Waals surface area contributed by atoms with Crippen molar-refractivity contribution < 1.29 is 4.79 Å². The number of carbonyl (C=O) groups is 1. The van der Waals surface area contributed by atoms with Crippen LogP contribution in [0.2, 0.25) is 5.02 Å². The second-order valence-electron chi connectivity index (χ2n) is 4.54. The van der Waals surface area contributed by atoms with Crippen LogP contribution in [0, 0.1) is 13.8 Å². The molecule has 6 heteroatoms. The van der Waals surface area contributed by atoms with E-state index in [1.54, 1.807) is 24.3 Å². The highest BCUT2D eigenvalue weighted by atomic mass is 35.5. The maximum absolute atomic E-state index is 11.7. The standard InChI is InChI=1S/C14H17ClN4O/c1-10-9-11(2)19(18-10)8-7-16-14(20)17-13-5-3-12(15)4-6-13/h3-6,9H,7-8H2,1-2H3,(H2,16,17,20). The number of nitrogens with one attached hydrogen (secondary N) is 2. The minimum atomic E-state index is -0.242. The molecule has 1 aromatic carbocycles. The average Bonchev–Trinajstić information content (AvgIpc) is 2.71. The first kappa shape index (κ1) is 14.4. The summed E-state index contributed by atoms with van der Waals surface area (Å²) in [5, 5.41) is 10.5. The molecule has 2 amide bonds. The van der Waals surface area contributed by atoms with Gasteiger partial charge in [-0.25, -0.2) is 4.79 Å². The van der Waals surface area contributed by atoms with E-state index in [0.29, 0.717) is 23.8 Å². The normalized spacial score (nSPS) is 10.3. The Morgan fingerprint density at radius 3 is 2.60 bits per heavy atom. The van der Waals surface area contributed by atoms with Crippen molar-refractivity contribution in [3.05, 3.63) is 46.7 Å². The van der Waals surface area contributed by atoms with E-state index in [2.05, 4.69) is 15.7 Å². The molecule has 0 atom stereocenters. The molecule has 0 spiro atoms. The van der Waals surface area contributed by atoms with E-state index in [4.69, 9.17) is 11.6 Å². The van der Waals surface area contributed by atoms with Crippen LogP contribution in [0.1, 0.15) is 11.4 Å². The number of aryl methyl sites for hydroxylation is 2. The number of hydrogen-bond donors (Lipinski definition) is 2. The molecule has 1 heterocycles. The smallest absolute Gasteiger partial charge is 0.319 e. The summed E-state index contributed by atoms with van der Waals surface area (Å²) in [6.07, 6.45) is 0. The Morgan fingerprint density at radius 1 is 1.30 bits per heavy atom. The van der Waals surface area contributed by atoms with Crippen LogP contribution >= 0.6 is 11.6 Å². The Labute approximate surface area is 122 Å². The van der Waals surface area contributed by atoms with Crippen molar-refractivity contribution in [3.8, 4) is 0 Å². The summed E-state index contributed by atoms with van der Waals surface area (Å²) in [5.41, 5.74) is 2.77. The molecule has 106 valence electrons. The number of rotatable bonds is 4. The van der Waals surface area contributed by atoms with Gasteiger partial charge in [-0.2, -0.15) is 5.10 Å². The van der Waals surface area contributed by atoms with Gasteiger partial charge in [-0.15, -0.1) is 0 Å². The van der Waals surface area contributed by atoms with Crippen molar-refractivity contribution in [2.75, 3.05) is 11.9 Å². The molecule has 2 rings (SSSR count). The first-order chi connectivity index (χ1) is 9.54. The monoisotopic (exact) mass is 292 g/mol. The highest BCUT2D eigenvalue weighted by Crippen LogP contribution is 2.12. The quantitative estimate of drug-likeness (QED) is 0.910. The number of anilines is 1. The number of aromatic nitrogens is 2. The zero-order valence-corrected chi connectivity index (χ0v) is 12.2. The van der Waals surface area contributed by atoms with Crippen molar-refractivity contribution in [3.63, 3.8) is 0 Å². The van der Waals surface area contributed by atoms with Crippen LogP contribution in [0.3, 0.4) is 0 Å². The van der Waals surface area contributed by atoms with Crippen LogP contribution in [-0.2, 0) is 6.54 Å². The fourth-order valence-corrected chi connectivity index (χ4v) is 2.01. The van der Waals surface area contributed by atoms with Gasteiger partial charge in [0.15, 0.2) is 0 Å². The SMILES string of the molecule is Cc1cc(C)n(CCNC(=O)Nc2ccc(Cl)cc2)n1. The highest BCUT2D eigenvalue weighted by Gasteiger charge is 2.03. The summed E-state index contributed by atoms with van der Waals surface area (Å²) < 4.78 is 1.87. The molecule has 20 heavy (non-hydrogen) atoms. The van der Waals surface area contributed by atoms with Crippen LogP contribution in [0.25, 0.3) is 0 Å². The molecule has 0 aliphatic rings. The van der Waals surface area contributed by atoms with Crippen LogP contribution in [0.5, 0.6) is 0 Å². The Kier molecular flexibility index (Phi) is 4.63.